The number of carbonyl (C=O) groups excluding carboxylic acids is 2. The van der Waals surface area contributed by atoms with E-state index in [9.17, 15) is 14.2 Å². The SMILES string of the molecule is CCc1cc(CC)c(C(=O)C(P=O)C(=O)c2c(CC)cc(CC)cc2CC)c(CC)c1. The van der Waals surface area contributed by atoms with Crippen molar-refractivity contribution in [3.63, 3.8) is 0 Å². The molecular weight excluding hydrogens is 403 g/mol. The lowest BCUT2D eigenvalue weighted by molar-refractivity contribution is 0.0899. The third kappa shape index (κ3) is 5.21. The standard InChI is InChI=1S/C27H35O3P/c1-7-17-13-19(9-3)23(20(10-4)14-17)25(28)27(31-30)26(29)24-21(11-5)15-18(8-2)16-22(24)12-6/h13-16,27H,7-12H2,1-6H3. The first-order valence-electron chi connectivity index (χ1n) is 11.6. The highest BCUT2D eigenvalue weighted by atomic mass is 31.1. The van der Waals surface area contributed by atoms with Crippen LogP contribution >= 0.6 is 8.46 Å². The van der Waals surface area contributed by atoms with E-state index >= 15 is 0 Å². The fourth-order valence-corrected chi connectivity index (χ4v) is 4.77. The first-order chi connectivity index (χ1) is 14.9. The number of rotatable bonds is 11. The van der Waals surface area contributed by atoms with Crippen molar-refractivity contribution in [3.05, 3.63) is 68.8 Å². The van der Waals surface area contributed by atoms with Crippen LogP contribution in [0.1, 0.15) is 95.6 Å². The van der Waals surface area contributed by atoms with Crippen molar-refractivity contribution in [1.82, 2.24) is 0 Å². The summed E-state index contributed by atoms with van der Waals surface area (Å²) in [6.07, 6.45) is 4.57. The normalized spacial score (nSPS) is 11.3. The lowest BCUT2D eigenvalue weighted by Gasteiger charge is -2.19. The molecule has 0 fully saturated rings. The Hall–Kier alpha value is -2.12. The van der Waals surface area contributed by atoms with E-state index < -0.39 is 14.1 Å². The first kappa shape index (κ1) is 25.1. The Labute approximate surface area is 188 Å². The highest BCUT2D eigenvalue weighted by Gasteiger charge is 2.34. The van der Waals surface area contributed by atoms with Crippen LogP contribution in [0.4, 0.5) is 0 Å². The van der Waals surface area contributed by atoms with E-state index in [0.29, 0.717) is 36.8 Å². The van der Waals surface area contributed by atoms with Crippen molar-refractivity contribution < 1.29 is 14.2 Å². The molecule has 0 heterocycles. The summed E-state index contributed by atoms with van der Waals surface area (Å²) in [6.45, 7) is 12.3. The van der Waals surface area contributed by atoms with Gasteiger partial charge in [0.2, 0.25) is 0 Å². The maximum Gasteiger partial charge on any atom is 0.185 e. The molecule has 0 bridgehead atoms. The molecule has 0 aliphatic heterocycles. The number of benzene rings is 2. The molecule has 0 radical (unpaired) electrons. The fourth-order valence-electron chi connectivity index (χ4n) is 4.32. The summed E-state index contributed by atoms with van der Waals surface area (Å²) in [5, 5.41) is 0. The maximum absolute atomic E-state index is 13.6. The van der Waals surface area contributed by atoms with Crippen LogP contribution in [0.3, 0.4) is 0 Å². The Morgan fingerprint density at radius 3 is 1.10 bits per heavy atom. The monoisotopic (exact) mass is 438 g/mol. The van der Waals surface area contributed by atoms with Gasteiger partial charge in [-0.15, -0.1) is 0 Å². The zero-order chi connectivity index (χ0) is 23.1. The summed E-state index contributed by atoms with van der Waals surface area (Å²) < 4.78 is 12.2. The summed E-state index contributed by atoms with van der Waals surface area (Å²) in [7, 11) is -0.439. The Morgan fingerprint density at radius 1 is 0.613 bits per heavy atom. The lowest BCUT2D eigenvalue weighted by Crippen LogP contribution is -2.29. The van der Waals surface area contributed by atoms with Crippen LogP contribution < -0.4 is 0 Å². The first-order valence-corrected chi connectivity index (χ1v) is 12.5. The van der Waals surface area contributed by atoms with Crippen molar-refractivity contribution in [3.8, 4) is 0 Å². The molecule has 0 saturated heterocycles. The second kappa shape index (κ2) is 11.5. The lowest BCUT2D eigenvalue weighted by atomic mass is 9.86. The molecule has 0 aliphatic carbocycles. The average molecular weight is 439 g/mol. The van der Waals surface area contributed by atoms with E-state index in [4.69, 9.17) is 0 Å². The van der Waals surface area contributed by atoms with Crippen LogP contribution in [0.15, 0.2) is 24.3 Å². The summed E-state index contributed by atoms with van der Waals surface area (Å²) in [4.78, 5) is 27.3. The van der Waals surface area contributed by atoms with Crippen LogP contribution in [-0.2, 0) is 43.1 Å². The highest BCUT2D eigenvalue weighted by Crippen LogP contribution is 2.29. The van der Waals surface area contributed by atoms with E-state index in [0.717, 1.165) is 35.1 Å². The second-order valence-electron chi connectivity index (χ2n) is 7.94. The van der Waals surface area contributed by atoms with Crippen LogP contribution in [-0.4, -0.2) is 17.2 Å². The third-order valence-electron chi connectivity index (χ3n) is 6.16. The fraction of sp³-hybridized carbons (Fsp3) is 0.481. The molecule has 4 heteroatoms. The van der Waals surface area contributed by atoms with Gasteiger partial charge in [0.1, 0.15) is 0 Å². The number of aryl methyl sites for hydroxylation is 6. The Kier molecular flexibility index (Phi) is 9.32. The minimum absolute atomic E-state index is 0.318. The Morgan fingerprint density at radius 2 is 0.903 bits per heavy atom. The molecular formula is C27H35O3P. The van der Waals surface area contributed by atoms with Crippen molar-refractivity contribution in [2.75, 3.05) is 0 Å². The van der Waals surface area contributed by atoms with E-state index in [1.54, 1.807) is 0 Å². The molecule has 0 aliphatic rings. The second-order valence-corrected chi connectivity index (χ2v) is 8.66. The van der Waals surface area contributed by atoms with Gasteiger partial charge in [-0.25, -0.2) is 0 Å². The molecule has 0 amide bonds. The number of Topliss-reactive ketones (excluding diaryl/α,β-unsaturated/α-hetero) is 2. The summed E-state index contributed by atoms with van der Waals surface area (Å²) >= 11 is 0. The van der Waals surface area contributed by atoms with Gasteiger partial charge >= 0.3 is 0 Å². The number of hydrogen-bond donors (Lipinski definition) is 0. The van der Waals surface area contributed by atoms with Crippen LogP contribution in [0.5, 0.6) is 0 Å². The number of ketones is 2. The number of carbonyl (C=O) groups is 2. The smallest absolute Gasteiger partial charge is 0.185 e. The highest BCUT2D eigenvalue weighted by molar-refractivity contribution is 7.28. The molecule has 166 valence electrons. The molecule has 0 unspecified atom stereocenters. The van der Waals surface area contributed by atoms with E-state index in [-0.39, 0.29) is 11.6 Å². The molecule has 3 nitrogen and oxygen atoms in total. The third-order valence-corrected chi connectivity index (χ3v) is 6.84. The maximum atomic E-state index is 13.6. The largest absolute Gasteiger partial charge is 0.292 e. The molecule has 0 saturated carbocycles. The van der Waals surface area contributed by atoms with Crippen molar-refractivity contribution >= 4 is 20.0 Å². The van der Waals surface area contributed by atoms with Gasteiger partial charge in [-0.2, -0.15) is 0 Å². The molecule has 0 N–H and O–H groups in total. The zero-order valence-electron chi connectivity index (χ0n) is 19.8. The predicted octanol–water partition coefficient (Wildman–Crippen LogP) is 6.79. The van der Waals surface area contributed by atoms with Crippen molar-refractivity contribution in [1.29, 1.82) is 0 Å². The van der Waals surface area contributed by atoms with Gasteiger partial charge in [-0.3, -0.25) is 14.2 Å². The van der Waals surface area contributed by atoms with Gasteiger partial charge in [0.25, 0.3) is 0 Å². The van der Waals surface area contributed by atoms with Gasteiger partial charge in [0.05, 0.1) is 0 Å². The van der Waals surface area contributed by atoms with E-state index in [2.05, 4.69) is 38.1 Å². The summed E-state index contributed by atoms with van der Waals surface area (Å²) in [6, 6.07) is 8.22. The van der Waals surface area contributed by atoms with E-state index in [1.165, 1.54) is 11.1 Å². The molecule has 2 rings (SSSR count). The molecule has 0 atom stereocenters. The minimum Gasteiger partial charge on any atom is -0.292 e. The average Bonchev–Trinajstić information content (AvgIpc) is 2.81. The molecule has 0 aromatic heterocycles. The molecule has 31 heavy (non-hydrogen) atoms. The van der Waals surface area contributed by atoms with Crippen LogP contribution in [0, 0.1) is 0 Å². The van der Waals surface area contributed by atoms with Gasteiger partial charge in [0, 0.05) is 11.1 Å². The zero-order valence-corrected chi connectivity index (χ0v) is 20.7. The molecule has 0 spiro atoms. The van der Waals surface area contributed by atoms with Crippen molar-refractivity contribution in [2.24, 2.45) is 0 Å². The minimum atomic E-state index is -1.20. The van der Waals surface area contributed by atoms with E-state index in [1.807, 2.05) is 27.7 Å². The van der Waals surface area contributed by atoms with Crippen molar-refractivity contribution in [2.45, 2.75) is 85.7 Å². The predicted molar refractivity (Wildman–Crippen MR) is 129 cm³/mol. The van der Waals surface area contributed by atoms with Gasteiger partial charge in [-0.1, -0.05) is 65.8 Å². The van der Waals surface area contributed by atoms with Crippen LogP contribution in [0.25, 0.3) is 0 Å². The van der Waals surface area contributed by atoms with Gasteiger partial charge < -0.3 is 0 Å². The number of hydrogen-bond acceptors (Lipinski definition) is 3. The topological polar surface area (TPSA) is 51.2 Å². The summed E-state index contributed by atoms with van der Waals surface area (Å²) in [5.41, 5.74) is 6.10. The molecule has 2 aromatic carbocycles. The Bertz CT molecular complexity index is 849. The quantitative estimate of drug-likeness (QED) is 0.221. The van der Waals surface area contributed by atoms with Crippen LogP contribution in [0.2, 0.25) is 0 Å². The summed E-state index contributed by atoms with van der Waals surface area (Å²) in [5.74, 6) is -0.636. The Balaban J connectivity index is 2.64. The molecule has 2 aromatic rings. The van der Waals surface area contributed by atoms with Gasteiger partial charge in [0.15, 0.2) is 25.7 Å². The van der Waals surface area contributed by atoms with Gasteiger partial charge in [-0.05, 0) is 71.9 Å².